The van der Waals surface area contributed by atoms with Crippen LogP contribution < -0.4 is 10.5 Å². The molecule has 0 bridgehead atoms. The summed E-state index contributed by atoms with van der Waals surface area (Å²) in [5, 5.41) is 4.52. The molecule has 96 valence electrons. The van der Waals surface area contributed by atoms with Gasteiger partial charge in [-0.1, -0.05) is 30.3 Å². The third kappa shape index (κ3) is 2.11. The van der Waals surface area contributed by atoms with Gasteiger partial charge in [-0.25, -0.2) is 0 Å². The first-order valence-corrected chi connectivity index (χ1v) is 7.05. The minimum atomic E-state index is 0.596. The Morgan fingerprint density at radius 2 is 1.89 bits per heavy atom. The lowest BCUT2D eigenvalue weighted by molar-refractivity contribution is 0.420. The maximum atomic E-state index is 5.69. The van der Waals surface area contributed by atoms with Crippen LogP contribution >= 0.6 is 11.3 Å². The Morgan fingerprint density at radius 1 is 1.11 bits per heavy atom. The molecule has 0 spiro atoms. The summed E-state index contributed by atoms with van der Waals surface area (Å²) in [6.45, 7) is 0.596. The van der Waals surface area contributed by atoms with Crippen LogP contribution in [0.15, 0.2) is 47.8 Å². The molecule has 19 heavy (non-hydrogen) atoms. The second kappa shape index (κ2) is 5.03. The van der Waals surface area contributed by atoms with Gasteiger partial charge in [-0.05, 0) is 34.0 Å². The summed E-state index contributed by atoms with van der Waals surface area (Å²) >= 11 is 1.71. The fourth-order valence-electron chi connectivity index (χ4n) is 2.33. The molecule has 0 fully saturated rings. The van der Waals surface area contributed by atoms with Crippen LogP contribution in [0.4, 0.5) is 0 Å². The zero-order valence-electron chi connectivity index (χ0n) is 10.7. The van der Waals surface area contributed by atoms with Crippen LogP contribution in [0.3, 0.4) is 0 Å². The Labute approximate surface area is 116 Å². The zero-order chi connectivity index (χ0) is 13.2. The normalized spacial score (nSPS) is 10.8. The molecule has 1 heterocycles. The maximum absolute atomic E-state index is 5.69. The summed E-state index contributed by atoms with van der Waals surface area (Å²) in [5.41, 5.74) is 8.15. The predicted molar refractivity (Wildman–Crippen MR) is 81.7 cm³/mol. The highest BCUT2D eigenvalue weighted by molar-refractivity contribution is 7.10. The van der Waals surface area contributed by atoms with Crippen molar-refractivity contribution >= 4 is 22.1 Å². The van der Waals surface area contributed by atoms with Gasteiger partial charge >= 0.3 is 0 Å². The van der Waals surface area contributed by atoms with Crippen molar-refractivity contribution in [1.29, 1.82) is 0 Å². The number of ether oxygens (including phenoxy) is 1. The molecule has 0 radical (unpaired) electrons. The molecule has 0 saturated carbocycles. The zero-order valence-corrected chi connectivity index (χ0v) is 11.5. The van der Waals surface area contributed by atoms with Gasteiger partial charge in [0, 0.05) is 16.8 Å². The van der Waals surface area contributed by atoms with Gasteiger partial charge in [0.15, 0.2) is 0 Å². The Morgan fingerprint density at radius 3 is 2.58 bits per heavy atom. The molecule has 2 aromatic carbocycles. The fourth-order valence-corrected chi connectivity index (χ4v) is 3.09. The molecule has 0 aliphatic carbocycles. The molecule has 0 amide bonds. The van der Waals surface area contributed by atoms with Crippen molar-refractivity contribution in [3.63, 3.8) is 0 Å². The van der Waals surface area contributed by atoms with Crippen molar-refractivity contribution in [3.8, 4) is 16.9 Å². The van der Waals surface area contributed by atoms with E-state index in [0.29, 0.717) is 6.54 Å². The highest BCUT2D eigenvalue weighted by atomic mass is 32.1. The second-order valence-corrected chi connectivity index (χ2v) is 5.36. The van der Waals surface area contributed by atoms with Gasteiger partial charge in [-0.15, -0.1) is 11.3 Å². The monoisotopic (exact) mass is 269 g/mol. The van der Waals surface area contributed by atoms with E-state index in [0.717, 1.165) is 11.1 Å². The summed E-state index contributed by atoms with van der Waals surface area (Å²) in [5.74, 6) is 0.911. The van der Waals surface area contributed by atoms with E-state index in [2.05, 4.69) is 35.7 Å². The van der Waals surface area contributed by atoms with Gasteiger partial charge in [-0.2, -0.15) is 0 Å². The van der Waals surface area contributed by atoms with Crippen molar-refractivity contribution in [2.24, 2.45) is 5.73 Å². The molecular weight excluding hydrogens is 254 g/mol. The van der Waals surface area contributed by atoms with E-state index in [1.54, 1.807) is 18.4 Å². The SMILES string of the molecule is COc1ccc(-c2csc(CN)c2)c2ccccc12. The number of benzene rings is 2. The van der Waals surface area contributed by atoms with Gasteiger partial charge < -0.3 is 10.5 Å². The minimum absolute atomic E-state index is 0.596. The molecule has 3 rings (SSSR count). The van der Waals surface area contributed by atoms with Crippen LogP contribution in [0.1, 0.15) is 4.88 Å². The molecular formula is C16H15NOS. The third-order valence-electron chi connectivity index (χ3n) is 3.27. The van der Waals surface area contributed by atoms with Gasteiger partial charge in [0.05, 0.1) is 7.11 Å². The van der Waals surface area contributed by atoms with Crippen LogP contribution in [0, 0.1) is 0 Å². The van der Waals surface area contributed by atoms with Crippen molar-refractivity contribution in [1.82, 2.24) is 0 Å². The number of rotatable bonds is 3. The molecule has 0 saturated heterocycles. The largest absolute Gasteiger partial charge is 0.496 e. The lowest BCUT2D eigenvalue weighted by atomic mass is 9.99. The van der Waals surface area contributed by atoms with Crippen LogP contribution in [0.5, 0.6) is 5.75 Å². The molecule has 3 aromatic rings. The summed E-state index contributed by atoms with van der Waals surface area (Å²) in [6, 6.07) is 14.6. The van der Waals surface area contributed by atoms with E-state index < -0.39 is 0 Å². The average molecular weight is 269 g/mol. The Hall–Kier alpha value is -1.84. The number of hydrogen-bond donors (Lipinski definition) is 1. The van der Waals surface area contributed by atoms with Crippen molar-refractivity contribution < 1.29 is 4.74 Å². The molecule has 2 nitrogen and oxygen atoms in total. The third-order valence-corrected chi connectivity index (χ3v) is 4.23. The first-order valence-electron chi connectivity index (χ1n) is 6.17. The maximum Gasteiger partial charge on any atom is 0.126 e. The van der Waals surface area contributed by atoms with E-state index in [9.17, 15) is 0 Å². The summed E-state index contributed by atoms with van der Waals surface area (Å²) in [7, 11) is 1.71. The molecule has 0 atom stereocenters. The Kier molecular flexibility index (Phi) is 3.23. The van der Waals surface area contributed by atoms with E-state index in [1.807, 2.05) is 12.1 Å². The number of fused-ring (bicyclic) bond motifs is 1. The Bertz CT molecular complexity index is 718. The first-order chi connectivity index (χ1) is 9.33. The van der Waals surface area contributed by atoms with E-state index >= 15 is 0 Å². The van der Waals surface area contributed by atoms with Crippen LogP contribution in [0.2, 0.25) is 0 Å². The van der Waals surface area contributed by atoms with Gasteiger partial charge in [0.25, 0.3) is 0 Å². The highest BCUT2D eigenvalue weighted by Crippen LogP contribution is 2.35. The molecule has 0 aliphatic heterocycles. The molecule has 0 unspecified atom stereocenters. The van der Waals surface area contributed by atoms with E-state index in [4.69, 9.17) is 10.5 Å². The first kappa shape index (κ1) is 12.2. The topological polar surface area (TPSA) is 35.2 Å². The number of thiophene rings is 1. The van der Waals surface area contributed by atoms with Crippen molar-refractivity contribution in [3.05, 3.63) is 52.7 Å². The van der Waals surface area contributed by atoms with Gasteiger partial charge in [-0.3, -0.25) is 0 Å². The summed E-state index contributed by atoms with van der Waals surface area (Å²) < 4.78 is 5.43. The van der Waals surface area contributed by atoms with Crippen LogP contribution in [-0.2, 0) is 6.54 Å². The standard InChI is InChI=1S/C16H15NOS/c1-18-16-7-6-13(11-8-12(9-17)19-10-11)14-4-2-3-5-15(14)16/h2-8,10H,9,17H2,1H3. The van der Waals surface area contributed by atoms with Crippen molar-refractivity contribution in [2.75, 3.05) is 7.11 Å². The van der Waals surface area contributed by atoms with E-state index in [1.165, 1.54) is 21.4 Å². The smallest absolute Gasteiger partial charge is 0.126 e. The fraction of sp³-hybridized carbons (Fsp3) is 0.125. The summed E-state index contributed by atoms with van der Waals surface area (Å²) in [6.07, 6.45) is 0. The molecule has 3 heteroatoms. The molecule has 2 N–H and O–H groups in total. The molecule has 0 aliphatic rings. The van der Waals surface area contributed by atoms with Crippen molar-refractivity contribution in [2.45, 2.75) is 6.54 Å². The highest BCUT2D eigenvalue weighted by Gasteiger charge is 2.09. The molecule has 1 aromatic heterocycles. The quantitative estimate of drug-likeness (QED) is 0.779. The summed E-state index contributed by atoms with van der Waals surface area (Å²) in [4.78, 5) is 1.20. The lowest BCUT2D eigenvalue weighted by Crippen LogP contribution is -1.91. The van der Waals surface area contributed by atoms with Crippen LogP contribution in [-0.4, -0.2) is 7.11 Å². The van der Waals surface area contributed by atoms with Gasteiger partial charge in [0.1, 0.15) is 5.75 Å². The Balaban J connectivity index is 2.24. The second-order valence-electron chi connectivity index (χ2n) is 4.37. The predicted octanol–water partition coefficient (Wildman–Crippen LogP) is 4.04. The van der Waals surface area contributed by atoms with Crippen LogP contribution in [0.25, 0.3) is 21.9 Å². The number of nitrogens with two attached hydrogens (primary N) is 1. The number of hydrogen-bond acceptors (Lipinski definition) is 3. The average Bonchev–Trinajstić information content (AvgIpc) is 2.95. The minimum Gasteiger partial charge on any atom is -0.496 e. The van der Waals surface area contributed by atoms with Gasteiger partial charge in [0.2, 0.25) is 0 Å². The number of methoxy groups -OCH3 is 1. The van der Waals surface area contributed by atoms with E-state index in [-0.39, 0.29) is 0 Å². The lowest BCUT2D eigenvalue weighted by Gasteiger charge is -2.09.